The fourth-order valence-corrected chi connectivity index (χ4v) is 0.437. The first-order valence-corrected chi connectivity index (χ1v) is 3.68. The first kappa shape index (κ1) is 9.07. The summed E-state index contributed by atoms with van der Waals surface area (Å²) < 4.78 is 2.26. The van der Waals surface area contributed by atoms with Gasteiger partial charge in [-0.1, -0.05) is 0 Å². The summed E-state index contributed by atoms with van der Waals surface area (Å²) in [5.41, 5.74) is 0. The van der Waals surface area contributed by atoms with E-state index in [4.69, 9.17) is 10.3 Å². The number of hydrogen-bond donors (Lipinski definition) is 4. The molecule has 0 aromatic heterocycles. The minimum Gasteiger partial charge on any atom is -0.749 e. The summed E-state index contributed by atoms with van der Waals surface area (Å²) in [5.74, 6) is 4.47. The van der Waals surface area contributed by atoms with E-state index in [1.807, 2.05) is 0 Å². The smallest absolute Gasteiger partial charge is 0.00373 e. The Morgan fingerprint density at radius 1 is 1.67 bits per heavy atom. The average Bonchev–Trinajstić information content (AvgIpc) is 1.86. The molecule has 7 nitrogen and oxygen atoms in total. The molecule has 0 rings (SSSR count). The van der Waals surface area contributed by atoms with Crippen molar-refractivity contribution in [1.82, 2.24) is 9.35 Å². The molecular weight excluding hydrogens is 146 g/mol. The Labute approximate surface area is 54.4 Å². The summed E-state index contributed by atoms with van der Waals surface area (Å²) in [5, 5.41) is 20.6. The van der Waals surface area contributed by atoms with Gasteiger partial charge in [0.1, 0.15) is 0 Å². The Morgan fingerprint density at radius 3 is 2.22 bits per heavy atom. The fraction of sp³-hybridized carbons (Fsp3) is 1.00. The number of hydrogen-bond acceptors (Lipinski definition) is 7. The molecule has 0 radical (unpaired) electrons. The van der Waals surface area contributed by atoms with E-state index >= 15 is 0 Å². The zero-order valence-electron chi connectivity index (χ0n) is 4.90. The quantitative estimate of drug-likeness (QED) is 0.355. The second-order valence-corrected chi connectivity index (χ2v) is 3.26. The van der Waals surface area contributed by atoms with Gasteiger partial charge in [-0.25, -0.2) is 9.66 Å². The maximum Gasteiger partial charge on any atom is -0.00373 e. The van der Waals surface area contributed by atoms with E-state index in [1.165, 1.54) is 7.05 Å². The summed E-state index contributed by atoms with van der Waals surface area (Å²) in [6, 6.07) is 0. The maximum absolute atomic E-state index is 10.4. The molecule has 0 amide bonds. The van der Waals surface area contributed by atoms with Crippen molar-refractivity contribution in [2.75, 3.05) is 7.05 Å². The molecule has 58 valence electrons. The van der Waals surface area contributed by atoms with E-state index in [2.05, 4.69) is 15.6 Å². The van der Waals surface area contributed by atoms with Crippen molar-refractivity contribution in [2.24, 2.45) is 16.2 Å². The van der Waals surface area contributed by atoms with Gasteiger partial charge in [-0.2, -0.15) is 10.5 Å². The summed E-state index contributed by atoms with van der Waals surface area (Å²) in [4.78, 5) is 3.71. The molecule has 0 aliphatic carbocycles. The van der Waals surface area contributed by atoms with Gasteiger partial charge in [0, 0.05) is 0 Å². The van der Waals surface area contributed by atoms with Crippen molar-refractivity contribution >= 4 is 10.8 Å². The van der Waals surface area contributed by atoms with Crippen molar-refractivity contribution in [2.45, 2.75) is 0 Å². The van der Waals surface area contributed by atoms with Crippen molar-refractivity contribution in [3.8, 4) is 0 Å². The van der Waals surface area contributed by atoms with E-state index in [9.17, 15) is 5.21 Å². The molecule has 0 bridgehead atoms. The predicted molar refractivity (Wildman–Crippen MR) is 35.5 cm³/mol. The lowest BCUT2D eigenvalue weighted by Crippen LogP contribution is -2.44. The molecule has 0 aromatic carbocycles. The van der Waals surface area contributed by atoms with Crippen LogP contribution in [0, 0.1) is 5.21 Å². The lowest BCUT2D eigenvalue weighted by atomic mass is 11.6. The van der Waals surface area contributed by atoms with Gasteiger partial charge in [-0.15, -0.1) is 0 Å². The van der Waals surface area contributed by atoms with Gasteiger partial charge in [-0.05, 0) is 17.8 Å². The molecule has 0 aliphatic heterocycles. The van der Waals surface area contributed by atoms with Crippen molar-refractivity contribution in [1.29, 1.82) is 0 Å². The minimum absolute atomic E-state index is 0.0764. The SMILES string of the molecule is CNS(N)(N)N([O-])ON. The van der Waals surface area contributed by atoms with Gasteiger partial charge in [0.25, 0.3) is 0 Å². The molecule has 0 spiro atoms. The van der Waals surface area contributed by atoms with Gasteiger partial charge >= 0.3 is 0 Å². The third-order valence-corrected chi connectivity index (χ3v) is 1.89. The van der Waals surface area contributed by atoms with E-state index in [-0.39, 0.29) is 4.63 Å². The molecule has 0 atom stereocenters. The Hall–Kier alpha value is 0.0700. The predicted octanol–water partition coefficient (Wildman–Crippen LogP) is -1.81. The van der Waals surface area contributed by atoms with Gasteiger partial charge in [0.05, 0.1) is 0 Å². The molecule has 0 heterocycles. The minimum atomic E-state index is -2.57. The highest BCUT2D eigenvalue weighted by Crippen LogP contribution is 2.26. The van der Waals surface area contributed by atoms with Crippen molar-refractivity contribution in [3.63, 3.8) is 0 Å². The highest BCUT2D eigenvalue weighted by atomic mass is 32.3. The van der Waals surface area contributed by atoms with Crippen LogP contribution in [0.4, 0.5) is 0 Å². The van der Waals surface area contributed by atoms with Crippen LogP contribution in [0.1, 0.15) is 0 Å². The fourth-order valence-electron chi connectivity index (χ4n) is 0.146. The van der Waals surface area contributed by atoms with Crippen LogP contribution >= 0.6 is 10.8 Å². The average molecular weight is 156 g/mol. The van der Waals surface area contributed by atoms with Crippen LogP contribution in [0.15, 0.2) is 0 Å². The molecule has 0 aliphatic rings. The Kier molecular flexibility index (Phi) is 3.32. The summed E-state index contributed by atoms with van der Waals surface area (Å²) in [6.45, 7) is 0. The molecule has 0 unspecified atom stereocenters. The molecule has 0 saturated heterocycles. The Bertz CT molecular complexity index is 87.0. The third kappa shape index (κ3) is 2.43. The zero-order chi connectivity index (χ0) is 7.49. The largest absolute Gasteiger partial charge is 0.749 e. The molecule has 0 aromatic rings. The normalized spacial score (nSPS) is 14.4. The monoisotopic (exact) mass is 156 g/mol. The molecular formula is CH10N5O2S-. The van der Waals surface area contributed by atoms with Gasteiger partial charge < -0.3 is 5.21 Å². The first-order chi connectivity index (χ1) is 4.04. The standard InChI is InChI=1S/CH10N5O2S/c1-5-9(3,4)6(7)8-2/h5H,2-4H2,1H3/q-1. The molecule has 8 heteroatoms. The van der Waals surface area contributed by atoms with Crippen LogP contribution in [-0.2, 0) is 4.94 Å². The molecule has 0 saturated carbocycles. The summed E-state index contributed by atoms with van der Waals surface area (Å²) in [7, 11) is -1.14. The maximum atomic E-state index is 10.4. The van der Waals surface area contributed by atoms with E-state index in [1.54, 1.807) is 0 Å². The van der Waals surface area contributed by atoms with Crippen LogP contribution in [-0.4, -0.2) is 11.7 Å². The topological polar surface area (TPSA) is 126 Å². The van der Waals surface area contributed by atoms with Crippen LogP contribution in [0.3, 0.4) is 0 Å². The van der Waals surface area contributed by atoms with Gasteiger partial charge in [-0.3, -0.25) is 10.3 Å². The van der Waals surface area contributed by atoms with Crippen LogP contribution in [0.2, 0.25) is 0 Å². The van der Waals surface area contributed by atoms with Crippen molar-refractivity contribution in [3.05, 3.63) is 5.21 Å². The van der Waals surface area contributed by atoms with E-state index in [0.717, 1.165) is 0 Å². The lowest BCUT2D eigenvalue weighted by Gasteiger charge is -2.42. The van der Waals surface area contributed by atoms with Crippen LogP contribution < -0.4 is 20.9 Å². The number of nitrogens with two attached hydrogens (primary N) is 3. The Balaban J connectivity index is 3.80. The number of nitrogens with zero attached hydrogens (tertiary/aromatic N) is 1. The van der Waals surface area contributed by atoms with Crippen LogP contribution in [0.25, 0.3) is 0 Å². The second-order valence-electron chi connectivity index (χ2n) is 1.21. The molecule has 0 fully saturated rings. The van der Waals surface area contributed by atoms with Gasteiger partial charge in [0.15, 0.2) is 0 Å². The van der Waals surface area contributed by atoms with Gasteiger partial charge in [0.2, 0.25) is 0 Å². The highest BCUT2D eigenvalue weighted by Gasteiger charge is 2.10. The molecule has 9 heavy (non-hydrogen) atoms. The Morgan fingerprint density at radius 2 is 2.11 bits per heavy atom. The zero-order valence-corrected chi connectivity index (χ0v) is 5.72. The summed E-state index contributed by atoms with van der Waals surface area (Å²) in [6.07, 6.45) is 0. The number of rotatable bonds is 3. The lowest BCUT2D eigenvalue weighted by molar-refractivity contribution is -0.0459. The van der Waals surface area contributed by atoms with E-state index in [0.29, 0.717) is 0 Å². The highest BCUT2D eigenvalue weighted by molar-refractivity contribution is 8.26. The van der Waals surface area contributed by atoms with Crippen molar-refractivity contribution < 1.29 is 4.94 Å². The summed E-state index contributed by atoms with van der Waals surface area (Å²) >= 11 is 0. The van der Waals surface area contributed by atoms with E-state index < -0.39 is 10.8 Å². The molecule has 7 N–H and O–H groups in total. The second kappa shape index (κ2) is 3.29. The number of nitrogens with one attached hydrogen (secondary N) is 1. The van der Waals surface area contributed by atoms with Crippen LogP contribution in [0.5, 0.6) is 0 Å². The first-order valence-electron chi connectivity index (χ1n) is 1.96. The third-order valence-electron chi connectivity index (χ3n) is 0.660.